The summed E-state index contributed by atoms with van der Waals surface area (Å²) in [6.45, 7) is 3.94. The van der Waals surface area contributed by atoms with E-state index in [9.17, 15) is 4.39 Å². The van der Waals surface area contributed by atoms with Gasteiger partial charge in [-0.2, -0.15) is 0 Å². The summed E-state index contributed by atoms with van der Waals surface area (Å²) in [4.78, 5) is 1.97. The molecule has 62 valence electrons. The van der Waals surface area contributed by atoms with Crippen LogP contribution in [-0.4, -0.2) is 44.8 Å². The number of rotatable bonds is 5. The Morgan fingerprint density at radius 3 is 2.60 bits per heavy atom. The highest BCUT2D eigenvalue weighted by molar-refractivity contribution is 4.56. The smallest absolute Gasteiger partial charge is 0.110 e. The van der Waals surface area contributed by atoms with Gasteiger partial charge in [-0.25, -0.2) is 4.39 Å². The number of likely N-dealkylation sites (N-methyl/N-ethyl adjacent to an activating group) is 2. The van der Waals surface area contributed by atoms with Crippen LogP contribution < -0.4 is 5.32 Å². The number of halogens is 1. The van der Waals surface area contributed by atoms with Crippen LogP contribution in [0.5, 0.6) is 0 Å². The van der Waals surface area contributed by atoms with Gasteiger partial charge in [-0.05, 0) is 21.0 Å². The largest absolute Gasteiger partial charge is 0.318 e. The molecule has 0 bridgehead atoms. The molecule has 0 saturated heterocycles. The van der Waals surface area contributed by atoms with Crippen molar-refractivity contribution >= 4 is 0 Å². The predicted molar refractivity (Wildman–Crippen MR) is 42.0 cm³/mol. The molecule has 0 fully saturated rings. The Bertz CT molecular complexity index is 76.0. The maximum absolute atomic E-state index is 12.3. The predicted octanol–water partition coefficient (Wildman–Crippen LogP) is 0.496. The van der Waals surface area contributed by atoms with Crippen LogP contribution in [0.2, 0.25) is 0 Å². The van der Waals surface area contributed by atoms with Crippen molar-refractivity contribution in [1.29, 1.82) is 0 Å². The second-order valence-corrected chi connectivity index (χ2v) is 2.65. The van der Waals surface area contributed by atoms with Crippen LogP contribution in [0.1, 0.15) is 6.92 Å². The normalized spacial score (nSPS) is 14.1. The molecule has 2 nitrogen and oxygen atoms in total. The lowest BCUT2D eigenvalue weighted by Gasteiger charge is -2.16. The average molecular weight is 148 g/mol. The fourth-order valence-corrected chi connectivity index (χ4v) is 0.823. The first kappa shape index (κ1) is 9.85. The zero-order valence-corrected chi connectivity index (χ0v) is 7.02. The van der Waals surface area contributed by atoms with Gasteiger partial charge in [0.2, 0.25) is 0 Å². The van der Waals surface area contributed by atoms with Crippen molar-refractivity contribution in [1.82, 2.24) is 10.2 Å². The summed E-state index contributed by atoms with van der Waals surface area (Å²) < 4.78 is 12.3. The Labute approximate surface area is 62.4 Å². The summed E-state index contributed by atoms with van der Waals surface area (Å²) in [6.07, 6.45) is -0.721. The van der Waals surface area contributed by atoms with Crippen LogP contribution in [0, 0.1) is 0 Å². The van der Waals surface area contributed by atoms with E-state index < -0.39 is 6.17 Å². The number of hydrogen-bond acceptors (Lipinski definition) is 2. The number of alkyl halides is 1. The topological polar surface area (TPSA) is 15.3 Å². The molecule has 0 saturated carbocycles. The highest BCUT2D eigenvalue weighted by atomic mass is 19.1. The molecule has 3 heteroatoms. The van der Waals surface area contributed by atoms with Gasteiger partial charge in [0.05, 0.1) is 0 Å². The van der Waals surface area contributed by atoms with E-state index in [-0.39, 0.29) is 0 Å². The van der Waals surface area contributed by atoms with Crippen LogP contribution >= 0.6 is 0 Å². The fraction of sp³-hybridized carbons (Fsp3) is 1.00. The van der Waals surface area contributed by atoms with E-state index in [1.54, 1.807) is 6.92 Å². The van der Waals surface area contributed by atoms with E-state index in [2.05, 4.69) is 5.32 Å². The number of nitrogens with zero attached hydrogens (tertiary/aromatic N) is 1. The van der Waals surface area contributed by atoms with Crippen molar-refractivity contribution in [2.45, 2.75) is 13.1 Å². The van der Waals surface area contributed by atoms with Crippen molar-refractivity contribution in [3.05, 3.63) is 0 Å². The second kappa shape index (κ2) is 5.62. The average Bonchev–Trinajstić information content (AvgIpc) is 1.82. The van der Waals surface area contributed by atoms with Gasteiger partial charge < -0.3 is 10.2 Å². The highest BCUT2D eigenvalue weighted by Gasteiger charge is 2.01. The van der Waals surface area contributed by atoms with E-state index in [0.29, 0.717) is 6.54 Å². The van der Waals surface area contributed by atoms with Gasteiger partial charge >= 0.3 is 0 Å². The van der Waals surface area contributed by atoms with Gasteiger partial charge in [0.1, 0.15) is 6.17 Å². The summed E-state index contributed by atoms with van der Waals surface area (Å²) in [5, 5.41) is 3.01. The monoisotopic (exact) mass is 148 g/mol. The zero-order valence-electron chi connectivity index (χ0n) is 7.02. The molecule has 0 aromatic heterocycles. The quantitative estimate of drug-likeness (QED) is 0.610. The highest BCUT2D eigenvalue weighted by Crippen LogP contribution is 1.90. The molecule has 0 spiro atoms. The third kappa shape index (κ3) is 5.98. The van der Waals surface area contributed by atoms with E-state index in [0.717, 1.165) is 13.1 Å². The van der Waals surface area contributed by atoms with E-state index in [1.807, 2.05) is 19.0 Å². The van der Waals surface area contributed by atoms with E-state index in [1.165, 1.54) is 0 Å². The number of nitrogens with one attached hydrogen (secondary N) is 1. The standard InChI is InChI=1S/C7H17FN2/c1-7(8)6-10(3)5-4-9-2/h7,9H,4-6H2,1-3H3. The summed E-state index contributed by atoms with van der Waals surface area (Å²) in [6, 6.07) is 0. The minimum absolute atomic E-state index is 0.529. The Kier molecular flexibility index (Phi) is 5.54. The van der Waals surface area contributed by atoms with Gasteiger partial charge in [-0.15, -0.1) is 0 Å². The van der Waals surface area contributed by atoms with Crippen molar-refractivity contribution in [3.8, 4) is 0 Å². The molecule has 0 amide bonds. The molecule has 0 aliphatic rings. The first-order chi connectivity index (χ1) is 4.66. The first-order valence-electron chi connectivity index (χ1n) is 3.64. The van der Waals surface area contributed by atoms with Gasteiger partial charge in [-0.1, -0.05) is 0 Å². The second-order valence-electron chi connectivity index (χ2n) is 2.65. The molecule has 1 atom stereocenters. The molecule has 0 aromatic carbocycles. The van der Waals surface area contributed by atoms with Gasteiger partial charge in [0.15, 0.2) is 0 Å². The van der Waals surface area contributed by atoms with Crippen LogP contribution in [0.15, 0.2) is 0 Å². The Morgan fingerprint density at radius 1 is 1.60 bits per heavy atom. The SMILES string of the molecule is CNCCN(C)CC(C)F. The molecular weight excluding hydrogens is 131 g/mol. The maximum Gasteiger partial charge on any atom is 0.110 e. The Balaban J connectivity index is 3.16. The minimum atomic E-state index is -0.721. The van der Waals surface area contributed by atoms with Crippen LogP contribution in [0.25, 0.3) is 0 Å². The lowest BCUT2D eigenvalue weighted by Crippen LogP contribution is -2.31. The lowest BCUT2D eigenvalue weighted by molar-refractivity contribution is 0.235. The zero-order chi connectivity index (χ0) is 7.98. The molecule has 0 aliphatic carbocycles. The molecule has 0 aromatic rings. The Morgan fingerprint density at radius 2 is 2.20 bits per heavy atom. The van der Waals surface area contributed by atoms with Crippen LogP contribution in [0.3, 0.4) is 0 Å². The van der Waals surface area contributed by atoms with E-state index >= 15 is 0 Å². The maximum atomic E-state index is 12.3. The molecule has 0 aliphatic heterocycles. The third-order valence-electron chi connectivity index (χ3n) is 1.31. The van der Waals surface area contributed by atoms with Crippen molar-refractivity contribution < 1.29 is 4.39 Å². The lowest BCUT2D eigenvalue weighted by atomic mass is 10.4. The number of hydrogen-bond donors (Lipinski definition) is 1. The molecule has 10 heavy (non-hydrogen) atoms. The van der Waals surface area contributed by atoms with Crippen LogP contribution in [-0.2, 0) is 0 Å². The van der Waals surface area contributed by atoms with Crippen molar-refractivity contribution in [3.63, 3.8) is 0 Å². The molecular formula is C7H17FN2. The van der Waals surface area contributed by atoms with Crippen molar-refractivity contribution in [2.24, 2.45) is 0 Å². The Hall–Kier alpha value is -0.150. The molecule has 1 unspecified atom stereocenters. The molecule has 1 N–H and O–H groups in total. The van der Waals surface area contributed by atoms with E-state index in [4.69, 9.17) is 0 Å². The van der Waals surface area contributed by atoms with Crippen molar-refractivity contribution in [2.75, 3.05) is 33.7 Å². The first-order valence-corrected chi connectivity index (χ1v) is 3.64. The molecule has 0 radical (unpaired) electrons. The summed E-state index contributed by atoms with van der Waals surface area (Å²) in [7, 11) is 3.82. The summed E-state index contributed by atoms with van der Waals surface area (Å²) >= 11 is 0. The van der Waals surface area contributed by atoms with Crippen LogP contribution in [0.4, 0.5) is 4.39 Å². The van der Waals surface area contributed by atoms with Gasteiger partial charge in [0.25, 0.3) is 0 Å². The minimum Gasteiger partial charge on any atom is -0.318 e. The fourth-order valence-electron chi connectivity index (χ4n) is 0.823. The van der Waals surface area contributed by atoms with Gasteiger partial charge in [-0.3, -0.25) is 0 Å². The summed E-state index contributed by atoms with van der Waals surface area (Å²) in [5.41, 5.74) is 0. The molecule has 0 heterocycles. The van der Waals surface area contributed by atoms with Gasteiger partial charge in [0, 0.05) is 19.6 Å². The summed E-state index contributed by atoms with van der Waals surface area (Å²) in [5.74, 6) is 0. The third-order valence-corrected chi connectivity index (χ3v) is 1.31. The molecule has 0 rings (SSSR count).